The van der Waals surface area contributed by atoms with Crippen LogP contribution in [0.1, 0.15) is 41.0 Å². The maximum absolute atomic E-state index is 11.7. The third kappa shape index (κ3) is 9.39. The normalized spacial score (nSPS) is 11.8. The average Bonchev–Trinajstić information content (AvgIpc) is 2.34. The minimum absolute atomic E-state index is 0. The average molecular weight is 398 g/mol. The lowest BCUT2D eigenvalue weighted by Crippen LogP contribution is -2.41. The van der Waals surface area contributed by atoms with Crippen LogP contribution in [0.2, 0.25) is 0 Å². The van der Waals surface area contributed by atoms with E-state index in [9.17, 15) is 4.79 Å². The zero-order chi connectivity index (χ0) is 14.9. The predicted octanol–water partition coefficient (Wildman–Crippen LogP) is 1.98. The Balaban J connectivity index is 0. The zero-order valence-corrected chi connectivity index (χ0v) is 16.0. The molecule has 0 aliphatic carbocycles. The molecule has 0 fully saturated rings. The van der Waals surface area contributed by atoms with Gasteiger partial charge in [0.05, 0.1) is 12.0 Å². The van der Waals surface area contributed by atoms with Gasteiger partial charge in [0.2, 0.25) is 5.91 Å². The van der Waals surface area contributed by atoms with Crippen molar-refractivity contribution in [2.75, 3.05) is 26.7 Å². The lowest BCUT2D eigenvalue weighted by molar-refractivity contribution is -0.128. The van der Waals surface area contributed by atoms with Crippen LogP contribution in [0.15, 0.2) is 4.99 Å². The van der Waals surface area contributed by atoms with Crippen LogP contribution in [0.25, 0.3) is 0 Å². The highest BCUT2D eigenvalue weighted by Gasteiger charge is 2.26. The van der Waals surface area contributed by atoms with E-state index in [1.807, 2.05) is 20.8 Å². The molecule has 20 heavy (non-hydrogen) atoms. The van der Waals surface area contributed by atoms with Gasteiger partial charge in [-0.3, -0.25) is 9.79 Å². The van der Waals surface area contributed by atoms with E-state index in [0.29, 0.717) is 12.5 Å². The third-order valence-electron chi connectivity index (χ3n) is 2.83. The highest BCUT2D eigenvalue weighted by atomic mass is 127. The molecule has 1 amide bonds. The molecule has 0 rings (SSSR count). The molecule has 0 spiro atoms. The molecule has 0 aromatic rings. The number of amides is 1. The first-order chi connectivity index (χ1) is 8.83. The first kappa shape index (κ1) is 21.8. The smallest absolute Gasteiger partial charge is 0.227 e. The minimum atomic E-state index is -0.491. The second-order valence-corrected chi connectivity index (χ2v) is 5.77. The number of halogens is 1. The number of aliphatic imine (C=N–C) groups is 1. The second kappa shape index (κ2) is 11.2. The van der Waals surface area contributed by atoms with Gasteiger partial charge in [0, 0.05) is 20.1 Å². The van der Waals surface area contributed by atoms with Gasteiger partial charge in [0.15, 0.2) is 5.96 Å². The summed E-state index contributed by atoms with van der Waals surface area (Å²) in [7, 11) is 1.65. The molecular formula is C14H31IN4O. The Morgan fingerprint density at radius 1 is 1.25 bits per heavy atom. The number of nitrogens with one attached hydrogen (secondary N) is 3. The van der Waals surface area contributed by atoms with Crippen LogP contribution in [0.3, 0.4) is 0 Å². The molecule has 0 saturated carbocycles. The molecule has 0 aliphatic heterocycles. The molecule has 120 valence electrons. The maximum atomic E-state index is 11.7. The van der Waals surface area contributed by atoms with Crippen molar-refractivity contribution >= 4 is 35.8 Å². The number of hydrogen-bond donors (Lipinski definition) is 3. The van der Waals surface area contributed by atoms with Crippen molar-refractivity contribution in [2.45, 2.75) is 41.0 Å². The Kier molecular flexibility index (Phi) is 12.1. The Bertz CT molecular complexity index is 304. The van der Waals surface area contributed by atoms with Crippen molar-refractivity contribution in [3.8, 4) is 0 Å². The van der Waals surface area contributed by atoms with Crippen LogP contribution in [0, 0.1) is 11.3 Å². The lowest BCUT2D eigenvalue weighted by Gasteiger charge is -2.21. The largest absolute Gasteiger partial charge is 0.359 e. The van der Waals surface area contributed by atoms with Crippen molar-refractivity contribution in [1.29, 1.82) is 0 Å². The topological polar surface area (TPSA) is 65.5 Å². The van der Waals surface area contributed by atoms with Crippen molar-refractivity contribution in [3.63, 3.8) is 0 Å². The fourth-order valence-electron chi connectivity index (χ4n) is 1.51. The van der Waals surface area contributed by atoms with Crippen LogP contribution in [0.5, 0.6) is 0 Å². The van der Waals surface area contributed by atoms with E-state index in [2.05, 4.69) is 34.8 Å². The van der Waals surface area contributed by atoms with Crippen LogP contribution in [-0.4, -0.2) is 38.5 Å². The minimum Gasteiger partial charge on any atom is -0.359 e. The predicted molar refractivity (Wildman–Crippen MR) is 96.7 cm³/mol. The summed E-state index contributed by atoms with van der Waals surface area (Å²) >= 11 is 0. The summed E-state index contributed by atoms with van der Waals surface area (Å²) in [5, 5.41) is 9.15. The van der Waals surface area contributed by atoms with Gasteiger partial charge in [0.25, 0.3) is 0 Å². The first-order valence-corrected chi connectivity index (χ1v) is 7.07. The van der Waals surface area contributed by atoms with Gasteiger partial charge in [-0.1, -0.05) is 13.8 Å². The molecule has 0 aromatic heterocycles. The lowest BCUT2D eigenvalue weighted by atomic mass is 9.93. The van der Waals surface area contributed by atoms with E-state index in [1.54, 1.807) is 7.05 Å². The number of hydrogen-bond acceptors (Lipinski definition) is 2. The molecule has 0 heterocycles. The van der Waals surface area contributed by atoms with E-state index < -0.39 is 5.41 Å². The Morgan fingerprint density at radius 2 is 1.85 bits per heavy atom. The number of nitrogens with zero attached hydrogens (tertiary/aromatic N) is 1. The summed E-state index contributed by atoms with van der Waals surface area (Å²) in [6.07, 6.45) is 1.10. The molecule has 0 bridgehead atoms. The molecule has 0 aliphatic rings. The zero-order valence-electron chi connectivity index (χ0n) is 13.7. The Morgan fingerprint density at radius 3 is 2.30 bits per heavy atom. The molecule has 0 aromatic carbocycles. The fourth-order valence-corrected chi connectivity index (χ4v) is 1.51. The highest BCUT2D eigenvalue weighted by Crippen LogP contribution is 2.15. The van der Waals surface area contributed by atoms with Gasteiger partial charge >= 0.3 is 0 Å². The van der Waals surface area contributed by atoms with E-state index >= 15 is 0 Å². The van der Waals surface area contributed by atoms with E-state index in [4.69, 9.17) is 0 Å². The summed E-state index contributed by atoms with van der Waals surface area (Å²) in [6, 6.07) is 0. The summed E-state index contributed by atoms with van der Waals surface area (Å²) in [4.78, 5) is 16.2. The van der Waals surface area contributed by atoms with Gasteiger partial charge in [-0.05, 0) is 33.1 Å². The van der Waals surface area contributed by atoms with Crippen molar-refractivity contribution in [2.24, 2.45) is 16.3 Å². The molecule has 6 heteroatoms. The van der Waals surface area contributed by atoms with Gasteiger partial charge in [-0.2, -0.15) is 0 Å². The molecular weight excluding hydrogens is 367 g/mol. The molecule has 5 nitrogen and oxygen atoms in total. The van der Waals surface area contributed by atoms with E-state index in [-0.39, 0.29) is 29.9 Å². The number of carbonyl (C=O) groups is 1. The van der Waals surface area contributed by atoms with Crippen molar-refractivity contribution < 1.29 is 4.79 Å². The Labute approximate surface area is 140 Å². The highest BCUT2D eigenvalue weighted by molar-refractivity contribution is 14.0. The van der Waals surface area contributed by atoms with Crippen LogP contribution < -0.4 is 16.0 Å². The number of rotatable bonds is 7. The number of carbonyl (C=O) groups excluding carboxylic acids is 1. The summed E-state index contributed by atoms with van der Waals surface area (Å²) in [6.45, 7) is 12.4. The van der Waals surface area contributed by atoms with Crippen molar-refractivity contribution in [3.05, 3.63) is 0 Å². The van der Waals surface area contributed by atoms with Crippen LogP contribution >= 0.6 is 24.0 Å². The van der Waals surface area contributed by atoms with Gasteiger partial charge < -0.3 is 16.0 Å². The summed E-state index contributed by atoms with van der Waals surface area (Å²) < 4.78 is 0. The third-order valence-corrected chi connectivity index (χ3v) is 2.83. The van der Waals surface area contributed by atoms with Crippen LogP contribution in [0.4, 0.5) is 0 Å². The molecule has 0 atom stereocenters. The fraction of sp³-hybridized carbons (Fsp3) is 0.857. The SMILES string of the molecule is CCNC(=NCC(C)(C)C(=O)NC)NCCC(C)C.I. The summed E-state index contributed by atoms with van der Waals surface area (Å²) in [5.74, 6) is 1.45. The second-order valence-electron chi connectivity index (χ2n) is 5.77. The van der Waals surface area contributed by atoms with Gasteiger partial charge in [0.1, 0.15) is 0 Å². The monoisotopic (exact) mass is 398 g/mol. The molecule has 0 saturated heterocycles. The van der Waals surface area contributed by atoms with Gasteiger partial charge in [-0.25, -0.2) is 0 Å². The van der Waals surface area contributed by atoms with E-state index in [1.165, 1.54) is 0 Å². The number of guanidine groups is 1. The molecule has 0 unspecified atom stereocenters. The first-order valence-electron chi connectivity index (χ1n) is 7.07. The van der Waals surface area contributed by atoms with Gasteiger partial charge in [-0.15, -0.1) is 24.0 Å². The molecule has 3 N–H and O–H groups in total. The molecule has 0 radical (unpaired) electrons. The Hall–Kier alpha value is -0.530. The summed E-state index contributed by atoms with van der Waals surface area (Å²) in [5.41, 5.74) is -0.491. The maximum Gasteiger partial charge on any atom is 0.227 e. The van der Waals surface area contributed by atoms with E-state index in [0.717, 1.165) is 25.5 Å². The van der Waals surface area contributed by atoms with Crippen molar-refractivity contribution in [1.82, 2.24) is 16.0 Å². The quantitative estimate of drug-likeness (QED) is 0.349. The standard InChI is InChI=1S/C14H30N4O.HI/c1-7-16-13(17-9-8-11(2)3)18-10-14(4,5)12(19)15-6;/h11H,7-10H2,1-6H3,(H,15,19)(H2,16,17,18);1H. The van der Waals surface area contributed by atoms with Crippen LogP contribution in [-0.2, 0) is 4.79 Å².